The van der Waals surface area contributed by atoms with E-state index in [0.29, 0.717) is 19.3 Å². The molecule has 3 atom stereocenters. The number of carbonyl (C=O) groups excluding carboxylic acids is 2. The maximum absolute atomic E-state index is 13.2. The molecule has 0 aromatic heterocycles. The molecule has 0 saturated heterocycles. The van der Waals surface area contributed by atoms with Gasteiger partial charge in [-0.3, -0.25) is 9.59 Å². The van der Waals surface area contributed by atoms with E-state index in [1.54, 1.807) is 0 Å². The van der Waals surface area contributed by atoms with Crippen molar-refractivity contribution in [1.82, 2.24) is 5.32 Å². The predicted octanol–water partition coefficient (Wildman–Crippen LogP) is 15.5. The summed E-state index contributed by atoms with van der Waals surface area (Å²) in [7, 11) is 0. The van der Waals surface area contributed by atoms with Crippen molar-refractivity contribution in [3.05, 3.63) is 48.6 Å². The van der Waals surface area contributed by atoms with Gasteiger partial charge in [0, 0.05) is 6.42 Å². The van der Waals surface area contributed by atoms with Gasteiger partial charge in [0.25, 0.3) is 0 Å². The molecule has 60 heavy (non-hydrogen) atoms. The van der Waals surface area contributed by atoms with Crippen molar-refractivity contribution in [2.45, 2.75) is 277 Å². The fourth-order valence-corrected chi connectivity index (χ4v) is 7.80. The van der Waals surface area contributed by atoms with Gasteiger partial charge in [0.2, 0.25) is 5.91 Å². The van der Waals surface area contributed by atoms with E-state index in [1.165, 1.54) is 141 Å². The molecule has 0 bridgehead atoms. The summed E-state index contributed by atoms with van der Waals surface area (Å²) in [6.07, 6.45) is 57.4. The van der Waals surface area contributed by atoms with Crippen LogP contribution < -0.4 is 5.32 Å². The van der Waals surface area contributed by atoms with E-state index in [9.17, 15) is 19.8 Å². The molecule has 0 aromatic carbocycles. The second-order valence-corrected chi connectivity index (χ2v) is 17.7. The number of ether oxygens (including phenoxy) is 1. The summed E-state index contributed by atoms with van der Waals surface area (Å²) in [5.41, 5.74) is 0. The third kappa shape index (κ3) is 42.5. The molecule has 1 amide bonds. The van der Waals surface area contributed by atoms with Gasteiger partial charge in [-0.25, -0.2) is 0 Å². The Morgan fingerprint density at radius 3 is 1.32 bits per heavy atom. The van der Waals surface area contributed by atoms with Gasteiger partial charge in [0.05, 0.1) is 25.2 Å². The lowest BCUT2D eigenvalue weighted by Crippen LogP contribution is -2.46. The number of esters is 1. The Kier molecular flexibility index (Phi) is 46.1. The molecule has 0 fully saturated rings. The summed E-state index contributed by atoms with van der Waals surface area (Å²) in [6.45, 7) is 6.43. The zero-order chi connectivity index (χ0) is 43.8. The highest BCUT2D eigenvalue weighted by Gasteiger charge is 2.24. The number of rotatable bonds is 46. The fraction of sp³-hybridized carbons (Fsp3) is 0.815. The molecule has 0 aliphatic heterocycles. The summed E-state index contributed by atoms with van der Waals surface area (Å²) in [6, 6.07) is -0.712. The molecule has 0 aromatic rings. The van der Waals surface area contributed by atoms with E-state index < -0.39 is 18.2 Å². The van der Waals surface area contributed by atoms with E-state index in [0.717, 1.165) is 70.6 Å². The number of carbonyl (C=O) groups is 2. The number of hydrogen-bond acceptors (Lipinski definition) is 5. The molecular formula is C54H99NO5. The van der Waals surface area contributed by atoms with Crippen molar-refractivity contribution >= 4 is 11.9 Å². The van der Waals surface area contributed by atoms with Crippen LogP contribution in [0.3, 0.4) is 0 Å². The summed E-state index contributed by atoms with van der Waals surface area (Å²) >= 11 is 0. The third-order valence-corrected chi connectivity index (χ3v) is 11.8. The van der Waals surface area contributed by atoms with Crippen LogP contribution in [0.15, 0.2) is 48.6 Å². The molecule has 0 saturated carbocycles. The first-order valence-electron chi connectivity index (χ1n) is 25.9. The number of nitrogens with one attached hydrogen (secondary N) is 1. The van der Waals surface area contributed by atoms with Crippen LogP contribution in [0.1, 0.15) is 258 Å². The van der Waals surface area contributed by atoms with Crippen molar-refractivity contribution in [3.8, 4) is 0 Å². The molecule has 3 N–H and O–H groups in total. The van der Waals surface area contributed by atoms with Crippen molar-refractivity contribution in [2.24, 2.45) is 0 Å². The SMILES string of the molecule is CCCCC/C=C/C=C/C=C/C=C/CCCCCC(CC(=O)NC(CO)C(O)CCCCCCCCCCCCCCCCCC)OC(=O)CCCCCCCCCCC. The van der Waals surface area contributed by atoms with Crippen LogP contribution in [0, 0.1) is 0 Å². The van der Waals surface area contributed by atoms with Crippen molar-refractivity contribution in [3.63, 3.8) is 0 Å². The highest BCUT2D eigenvalue weighted by Crippen LogP contribution is 2.18. The lowest BCUT2D eigenvalue weighted by Gasteiger charge is -2.24. The Balaban J connectivity index is 4.58. The zero-order valence-electron chi connectivity index (χ0n) is 39.8. The van der Waals surface area contributed by atoms with Gasteiger partial charge in [0.15, 0.2) is 0 Å². The summed E-state index contributed by atoms with van der Waals surface area (Å²) in [4.78, 5) is 26.1. The van der Waals surface area contributed by atoms with Crippen molar-refractivity contribution in [2.75, 3.05) is 6.61 Å². The minimum atomic E-state index is -0.797. The van der Waals surface area contributed by atoms with Crippen LogP contribution in [-0.2, 0) is 14.3 Å². The quantitative estimate of drug-likeness (QED) is 0.0322. The Bertz CT molecular complexity index is 1040. The topological polar surface area (TPSA) is 95.9 Å². The van der Waals surface area contributed by atoms with Crippen molar-refractivity contribution in [1.29, 1.82) is 0 Å². The normalized spacial score (nSPS) is 13.6. The molecule has 0 heterocycles. The maximum atomic E-state index is 13.2. The number of allylic oxidation sites excluding steroid dienone is 8. The molecule has 3 unspecified atom stereocenters. The fourth-order valence-electron chi connectivity index (χ4n) is 7.80. The van der Waals surface area contributed by atoms with Crippen LogP contribution in [0.2, 0.25) is 0 Å². The average Bonchev–Trinajstić information content (AvgIpc) is 3.24. The zero-order valence-corrected chi connectivity index (χ0v) is 39.8. The third-order valence-electron chi connectivity index (χ3n) is 11.8. The first-order valence-corrected chi connectivity index (χ1v) is 25.9. The summed E-state index contributed by atoms with van der Waals surface area (Å²) in [5, 5.41) is 23.8. The number of hydrogen-bond donors (Lipinski definition) is 3. The van der Waals surface area contributed by atoms with E-state index in [-0.39, 0.29) is 24.9 Å². The van der Waals surface area contributed by atoms with Gasteiger partial charge < -0.3 is 20.3 Å². The van der Waals surface area contributed by atoms with Crippen molar-refractivity contribution < 1.29 is 24.5 Å². The standard InChI is InChI=1S/C54H99NO5/c1-4-7-10-13-16-19-21-23-25-27-29-31-34-36-39-42-45-50(60-54(59)47-44-41-38-33-18-15-12-9-6-3)48-53(58)55-51(49-56)52(57)46-43-40-37-35-32-30-28-26-24-22-20-17-14-11-8-5-2/h16,19,21,23,25,27,29,31,50-52,56-57H,4-15,17-18,20,22,24,26,28,30,32-49H2,1-3H3,(H,55,58)/b19-16+,23-21+,27-25+,31-29+. The average molecular weight is 842 g/mol. The van der Waals surface area contributed by atoms with E-state index in [2.05, 4.69) is 68.6 Å². The maximum Gasteiger partial charge on any atom is 0.306 e. The Morgan fingerprint density at radius 2 is 0.850 bits per heavy atom. The Labute approximate surface area is 372 Å². The highest BCUT2D eigenvalue weighted by molar-refractivity contribution is 5.77. The van der Waals surface area contributed by atoms with E-state index >= 15 is 0 Å². The largest absolute Gasteiger partial charge is 0.462 e. The number of unbranched alkanes of at least 4 members (excludes halogenated alkanes) is 29. The van der Waals surface area contributed by atoms with E-state index in [1.807, 2.05) is 6.08 Å². The summed E-state index contributed by atoms with van der Waals surface area (Å²) < 4.78 is 5.90. The molecule has 350 valence electrons. The first kappa shape index (κ1) is 57.8. The Hall–Kier alpha value is -2.18. The van der Waals surface area contributed by atoms with Gasteiger partial charge in [-0.15, -0.1) is 0 Å². The molecule has 6 heteroatoms. The predicted molar refractivity (Wildman–Crippen MR) is 259 cm³/mol. The van der Waals surface area contributed by atoms with Crippen LogP contribution in [0.5, 0.6) is 0 Å². The molecule has 0 rings (SSSR count). The second-order valence-electron chi connectivity index (χ2n) is 17.7. The minimum Gasteiger partial charge on any atom is -0.462 e. The summed E-state index contributed by atoms with van der Waals surface area (Å²) in [5.74, 6) is -0.509. The van der Waals surface area contributed by atoms with Gasteiger partial charge in [0.1, 0.15) is 6.10 Å². The number of aliphatic hydroxyl groups is 2. The minimum absolute atomic E-state index is 0.0535. The van der Waals surface area contributed by atoms with Gasteiger partial charge in [-0.1, -0.05) is 243 Å². The highest BCUT2D eigenvalue weighted by atomic mass is 16.5. The van der Waals surface area contributed by atoms with E-state index in [4.69, 9.17) is 4.74 Å². The van der Waals surface area contributed by atoms with Crippen LogP contribution in [0.4, 0.5) is 0 Å². The molecule has 6 nitrogen and oxygen atoms in total. The molecule has 0 aliphatic rings. The lowest BCUT2D eigenvalue weighted by molar-refractivity contribution is -0.151. The monoisotopic (exact) mass is 842 g/mol. The second kappa shape index (κ2) is 47.9. The number of aliphatic hydroxyl groups excluding tert-OH is 2. The molecule has 0 aliphatic carbocycles. The first-order chi connectivity index (χ1) is 29.5. The Morgan fingerprint density at radius 1 is 0.483 bits per heavy atom. The molecule has 0 spiro atoms. The van der Waals surface area contributed by atoms with Crippen LogP contribution >= 0.6 is 0 Å². The smallest absolute Gasteiger partial charge is 0.306 e. The van der Waals surface area contributed by atoms with Gasteiger partial charge in [-0.05, 0) is 51.4 Å². The lowest BCUT2D eigenvalue weighted by atomic mass is 10.0. The number of amides is 1. The molecule has 0 radical (unpaired) electrons. The molecular weight excluding hydrogens is 743 g/mol. The van der Waals surface area contributed by atoms with Gasteiger partial charge >= 0.3 is 5.97 Å². The van der Waals surface area contributed by atoms with Crippen LogP contribution in [-0.4, -0.2) is 46.9 Å². The van der Waals surface area contributed by atoms with Gasteiger partial charge in [-0.2, -0.15) is 0 Å². The van der Waals surface area contributed by atoms with Crippen LogP contribution in [0.25, 0.3) is 0 Å².